The van der Waals surface area contributed by atoms with E-state index in [0.717, 1.165) is 22.3 Å². The fourth-order valence-electron chi connectivity index (χ4n) is 1.56. The van der Waals surface area contributed by atoms with Crippen LogP contribution in [0.5, 0.6) is 0 Å². The Morgan fingerprint density at radius 1 is 1.31 bits per heavy atom. The van der Waals surface area contributed by atoms with Gasteiger partial charge in [-0.2, -0.15) is 5.10 Å². The second kappa shape index (κ2) is 4.80. The van der Waals surface area contributed by atoms with Crippen LogP contribution in [0.25, 0.3) is 0 Å². The summed E-state index contributed by atoms with van der Waals surface area (Å²) in [7, 11) is 0. The Kier molecular flexibility index (Phi) is 3.41. The summed E-state index contributed by atoms with van der Waals surface area (Å²) in [6.07, 6.45) is 1.72. The molecule has 84 valence electrons. The molecule has 3 nitrogen and oxygen atoms in total. The zero-order chi connectivity index (χ0) is 11.5. The zero-order valence-corrected chi connectivity index (χ0v) is 10.6. The second-order valence-electron chi connectivity index (χ2n) is 3.70. The molecular formula is C12H13BrN2O. The van der Waals surface area contributed by atoms with E-state index in [4.69, 9.17) is 5.11 Å². The summed E-state index contributed by atoms with van der Waals surface area (Å²) in [4.78, 5) is 0. The normalized spacial score (nSPS) is 10.7. The van der Waals surface area contributed by atoms with Crippen LogP contribution >= 0.6 is 15.9 Å². The highest BCUT2D eigenvalue weighted by Crippen LogP contribution is 2.13. The van der Waals surface area contributed by atoms with E-state index >= 15 is 0 Å². The lowest BCUT2D eigenvalue weighted by Crippen LogP contribution is -2.04. The fourth-order valence-corrected chi connectivity index (χ4v) is 1.83. The number of rotatable bonds is 3. The summed E-state index contributed by atoms with van der Waals surface area (Å²) in [6.45, 7) is 2.75. The molecule has 1 aromatic carbocycles. The average Bonchev–Trinajstić information content (AvgIpc) is 2.63. The number of aliphatic hydroxyl groups excluding tert-OH is 1. The van der Waals surface area contributed by atoms with Crippen molar-refractivity contribution in [1.29, 1.82) is 0 Å². The van der Waals surface area contributed by atoms with Crippen LogP contribution in [0.2, 0.25) is 0 Å². The molecular weight excluding hydrogens is 268 g/mol. The van der Waals surface area contributed by atoms with Gasteiger partial charge >= 0.3 is 0 Å². The molecule has 0 fully saturated rings. The first-order valence-corrected chi connectivity index (χ1v) is 5.86. The number of hydrogen-bond donors (Lipinski definition) is 1. The number of aromatic nitrogens is 2. The van der Waals surface area contributed by atoms with Crippen LogP contribution in [0.4, 0.5) is 0 Å². The average molecular weight is 281 g/mol. The van der Waals surface area contributed by atoms with E-state index in [2.05, 4.69) is 33.2 Å². The van der Waals surface area contributed by atoms with Crippen LogP contribution in [-0.4, -0.2) is 14.9 Å². The maximum absolute atomic E-state index is 9.07. The van der Waals surface area contributed by atoms with Crippen molar-refractivity contribution < 1.29 is 5.11 Å². The molecule has 2 rings (SSSR count). The van der Waals surface area contributed by atoms with Crippen LogP contribution in [0.3, 0.4) is 0 Å². The van der Waals surface area contributed by atoms with Gasteiger partial charge in [0.25, 0.3) is 0 Å². The van der Waals surface area contributed by atoms with Crippen LogP contribution in [0, 0.1) is 6.92 Å². The zero-order valence-electron chi connectivity index (χ0n) is 9.02. The number of hydrogen-bond acceptors (Lipinski definition) is 2. The predicted octanol–water partition coefficient (Wildman–Crippen LogP) is 2.49. The quantitative estimate of drug-likeness (QED) is 0.938. The van der Waals surface area contributed by atoms with E-state index in [0.29, 0.717) is 0 Å². The van der Waals surface area contributed by atoms with Gasteiger partial charge in [-0.05, 0) is 24.6 Å². The topological polar surface area (TPSA) is 38.1 Å². The minimum absolute atomic E-state index is 0.0478. The van der Waals surface area contributed by atoms with Gasteiger partial charge in [0.05, 0.1) is 19.3 Å². The maximum atomic E-state index is 9.07. The minimum Gasteiger partial charge on any atom is -0.392 e. The maximum Gasteiger partial charge on any atom is 0.0715 e. The van der Waals surface area contributed by atoms with Crippen molar-refractivity contribution in [2.75, 3.05) is 0 Å². The van der Waals surface area contributed by atoms with Crippen molar-refractivity contribution in [3.8, 4) is 0 Å². The van der Waals surface area contributed by atoms with Gasteiger partial charge in [-0.15, -0.1) is 0 Å². The van der Waals surface area contributed by atoms with Crippen LogP contribution < -0.4 is 0 Å². The van der Waals surface area contributed by atoms with Crippen molar-refractivity contribution >= 4 is 15.9 Å². The molecule has 0 aliphatic carbocycles. The molecule has 0 saturated heterocycles. The van der Waals surface area contributed by atoms with Crippen molar-refractivity contribution in [3.63, 3.8) is 0 Å². The first-order chi connectivity index (χ1) is 7.70. The summed E-state index contributed by atoms with van der Waals surface area (Å²) in [5.41, 5.74) is 3.10. The molecule has 0 aliphatic heterocycles. The van der Waals surface area contributed by atoms with Crippen molar-refractivity contribution in [2.45, 2.75) is 20.1 Å². The highest BCUT2D eigenvalue weighted by atomic mass is 79.9. The molecule has 1 aromatic heterocycles. The highest BCUT2D eigenvalue weighted by molar-refractivity contribution is 9.10. The van der Waals surface area contributed by atoms with E-state index in [1.54, 1.807) is 6.20 Å². The first-order valence-electron chi connectivity index (χ1n) is 5.07. The van der Waals surface area contributed by atoms with Gasteiger partial charge in [0.1, 0.15) is 0 Å². The van der Waals surface area contributed by atoms with Gasteiger partial charge < -0.3 is 5.11 Å². The molecule has 0 radical (unpaired) electrons. The molecule has 1 N–H and O–H groups in total. The third kappa shape index (κ3) is 2.33. The van der Waals surface area contributed by atoms with E-state index in [1.165, 1.54) is 5.56 Å². The van der Waals surface area contributed by atoms with E-state index in [-0.39, 0.29) is 6.61 Å². The number of benzene rings is 1. The van der Waals surface area contributed by atoms with Gasteiger partial charge in [0.15, 0.2) is 0 Å². The van der Waals surface area contributed by atoms with Crippen LogP contribution in [-0.2, 0) is 13.2 Å². The predicted molar refractivity (Wildman–Crippen MR) is 66.1 cm³/mol. The lowest BCUT2D eigenvalue weighted by Gasteiger charge is -2.05. The number of aliphatic hydroxyl groups is 1. The molecule has 0 amide bonds. The molecule has 2 aromatic rings. The Balaban J connectivity index is 2.20. The summed E-state index contributed by atoms with van der Waals surface area (Å²) in [6, 6.07) is 8.15. The molecule has 0 unspecified atom stereocenters. The number of nitrogens with zero attached hydrogens (tertiary/aromatic N) is 2. The summed E-state index contributed by atoms with van der Waals surface area (Å²) >= 11 is 3.41. The standard InChI is InChI=1S/C12H13BrN2O/c1-9-11(8-16)6-14-15(9)7-10-2-4-12(13)5-3-10/h2-6,16H,7-8H2,1H3. The molecule has 16 heavy (non-hydrogen) atoms. The van der Waals surface area contributed by atoms with Gasteiger partial charge in [0.2, 0.25) is 0 Å². The Morgan fingerprint density at radius 2 is 2.00 bits per heavy atom. The Labute approximate surface area is 103 Å². The van der Waals surface area contributed by atoms with Gasteiger partial charge in [-0.25, -0.2) is 0 Å². The molecule has 0 aliphatic rings. The molecule has 0 spiro atoms. The minimum atomic E-state index is 0.0478. The van der Waals surface area contributed by atoms with Crippen molar-refractivity contribution in [1.82, 2.24) is 9.78 Å². The van der Waals surface area contributed by atoms with E-state index < -0.39 is 0 Å². The van der Waals surface area contributed by atoms with Crippen LogP contribution in [0.1, 0.15) is 16.8 Å². The summed E-state index contributed by atoms with van der Waals surface area (Å²) in [5.74, 6) is 0. The Morgan fingerprint density at radius 3 is 2.56 bits per heavy atom. The summed E-state index contributed by atoms with van der Waals surface area (Å²) in [5, 5.41) is 13.3. The van der Waals surface area contributed by atoms with Gasteiger partial charge in [0, 0.05) is 15.7 Å². The number of halogens is 1. The second-order valence-corrected chi connectivity index (χ2v) is 4.61. The SMILES string of the molecule is Cc1c(CO)cnn1Cc1ccc(Br)cc1. The molecule has 1 heterocycles. The summed E-state index contributed by atoms with van der Waals surface area (Å²) < 4.78 is 2.97. The third-order valence-corrected chi connectivity index (χ3v) is 3.15. The van der Waals surface area contributed by atoms with E-state index in [1.807, 2.05) is 23.7 Å². The van der Waals surface area contributed by atoms with Crippen molar-refractivity contribution in [2.24, 2.45) is 0 Å². The Bertz CT molecular complexity index is 476. The smallest absolute Gasteiger partial charge is 0.0715 e. The Hall–Kier alpha value is -1.13. The monoisotopic (exact) mass is 280 g/mol. The molecule has 0 bridgehead atoms. The van der Waals surface area contributed by atoms with Crippen molar-refractivity contribution in [3.05, 3.63) is 51.8 Å². The third-order valence-electron chi connectivity index (χ3n) is 2.62. The van der Waals surface area contributed by atoms with E-state index in [9.17, 15) is 0 Å². The van der Waals surface area contributed by atoms with Gasteiger partial charge in [-0.3, -0.25) is 4.68 Å². The van der Waals surface area contributed by atoms with Gasteiger partial charge in [-0.1, -0.05) is 28.1 Å². The highest BCUT2D eigenvalue weighted by Gasteiger charge is 2.05. The molecule has 0 atom stereocenters. The first kappa shape index (κ1) is 11.4. The van der Waals surface area contributed by atoms with Crippen LogP contribution in [0.15, 0.2) is 34.9 Å². The molecule has 0 saturated carbocycles. The fraction of sp³-hybridized carbons (Fsp3) is 0.250. The largest absolute Gasteiger partial charge is 0.392 e. The molecule has 4 heteroatoms. The lowest BCUT2D eigenvalue weighted by molar-refractivity contribution is 0.281. The lowest BCUT2D eigenvalue weighted by atomic mass is 10.2.